The first-order valence-corrected chi connectivity index (χ1v) is 23.7. The molecule has 0 atom stereocenters. The van der Waals surface area contributed by atoms with Crippen LogP contribution < -0.4 is 0 Å². The molecule has 47 heavy (non-hydrogen) atoms. The minimum absolute atomic E-state index is 0.677. The van der Waals surface area contributed by atoms with Crippen LogP contribution in [0.1, 0.15) is 221 Å². The maximum Gasteiger partial charge on any atom is 0.501 e. The molecule has 0 unspecified atom stereocenters. The molecule has 0 aliphatic rings. The Morgan fingerprint density at radius 1 is 0.319 bits per heavy atom. The van der Waals surface area contributed by atoms with E-state index in [9.17, 15) is 0 Å². The molecule has 0 N–H and O–H groups in total. The quantitative estimate of drug-likeness (QED) is 0.0365. The molecule has 0 aliphatic heterocycles. The number of rotatable bonds is 40. The van der Waals surface area contributed by atoms with Crippen LogP contribution in [-0.4, -0.2) is 59.8 Å². The average molecular weight is 685 g/mol. The summed E-state index contributed by atoms with van der Waals surface area (Å²) in [4.78, 5) is 0. The van der Waals surface area contributed by atoms with Crippen LogP contribution >= 0.6 is 0 Å². The van der Waals surface area contributed by atoms with Gasteiger partial charge in [-0.2, -0.15) is 0 Å². The van der Waals surface area contributed by atoms with E-state index in [1.807, 2.05) is 0 Å². The molecule has 0 amide bonds. The third kappa shape index (κ3) is 30.6. The number of quaternary nitrogens is 1. The molecule has 0 aromatic carbocycles. The molecule has 0 saturated heterocycles. The highest BCUT2D eigenvalue weighted by molar-refractivity contribution is 6.60. The summed E-state index contributed by atoms with van der Waals surface area (Å²) in [6, 6.07) is 0.952. The predicted molar refractivity (Wildman–Crippen MR) is 211 cm³/mol. The largest absolute Gasteiger partial charge is 0.501 e. The summed E-state index contributed by atoms with van der Waals surface area (Å²) < 4.78 is 19.8. The molecular weight excluding hydrogens is 595 g/mol. The highest BCUT2D eigenvalue weighted by atomic mass is 28.4. The number of nitrogens with zero attached hydrogens (tertiary/aromatic N) is 1. The molecule has 0 bridgehead atoms. The van der Waals surface area contributed by atoms with Crippen molar-refractivity contribution in [1.82, 2.24) is 0 Å². The van der Waals surface area contributed by atoms with Crippen molar-refractivity contribution in [2.45, 2.75) is 227 Å². The van der Waals surface area contributed by atoms with Crippen LogP contribution in [-0.2, 0) is 13.3 Å². The Balaban J connectivity index is 4.40. The van der Waals surface area contributed by atoms with Gasteiger partial charge in [0.1, 0.15) is 0 Å². The van der Waals surface area contributed by atoms with Gasteiger partial charge < -0.3 is 17.8 Å². The summed E-state index contributed by atoms with van der Waals surface area (Å²) >= 11 is 0. The van der Waals surface area contributed by atoms with Crippen LogP contribution in [0.2, 0.25) is 6.04 Å². The van der Waals surface area contributed by atoms with Gasteiger partial charge in [-0.15, -0.1) is 0 Å². The summed E-state index contributed by atoms with van der Waals surface area (Å²) in [5, 5.41) is 0. The van der Waals surface area contributed by atoms with Crippen LogP contribution in [0, 0.1) is 0 Å². The first-order valence-electron chi connectivity index (χ1n) is 21.8. The molecule has 284 valence electrons. The molecule has 0 aromatic rings. The maximum atomic E-state index is 6.19. The number of hydrogen-bond donors (Lipinski definition) is 0. The van der Waals surface area contributed by atoms with Crippen molar-refractivity contribution in [1.29, 1.82) is 0 Å². The van der Waals surface area contributed by atoms with Gasteiger partial charge in [-0.1, -0.05) is 168 Å². The van der Waals surface area contributed by atoms with Gasteiger partial charge in [0.05, 0.1) is 26.7 Å². The topological polar surface area (TPSA) is 27.7 Å². The predicted octanol–water partition coefficient (Wildman–Crippen LogP) is 13.8. The summed E-state index contributed by atoms with van der Waals surface area (Å²) in [5.74, 6) is 0. The zero-order valence-electron chi connectivity index (χ0n) is 33.6. The smallest absolute Gasteiger partial charge is 0.374 e. The third-order valence-corrected chi connectivity index (χ3v) is 13.5. The third-order valence-electron chi connectivity index (χ3n) is 10.4. The fourth-order valence-corrected chi connectivity index (χ4v) is 9.98. The highest BCUT2D eigenvalue weighted by Gasteiger charge is 2.40. The first kappa shape index (κ1) is 47.1. The minimum Gasteiger partial charge on any atom is -0.374 e. The molecule has 0 radical (unpaired) electrons. The minimum atomic E-state index is -2.55. The van der Waals surface area contributed by atoms with Crippen LogP contribution in [0.15, 0.2) is 0 Å². The second-order valence-electron chi connectivity index (χ2n) is 15.1. The van der Waals surface area contributed by atoms with E-state index in [4.69, 9.17) is 13.3 Å². The number of unbranched alkanes of at least 4 members (excludes halogenated alkanes) is 26. The fraction of sp³-hybridized carbons (Fsp3) is 1.00. The van der Waals surface area contributed by atoms with Gasteiger partial charge in [0.2, 0.25) is 0 Å². The Labute approximate surface area is 299 Å². The Morgan fingerprint density at radius 3 is 0.809 bits per heavy atom. The van der Waals surface area contributed by atoms with E-state index in [0.29, 0.717) is 19.8 Å². The van der Waals surface area contributed by atoms with Gasteiger partial charge in [0.15, 0.2) is 0 Å². The lowest BCUT2D eigenvalue weighted by molar-refractivity contribution is -0.910. The molecule has 0 rings (SSSR count). The van der Waals surface area contributed by atoms with Gasteiger partial charge in [-0.3, -0.25) is 0 Å². The Kier molecular flexibility index (Phi) is 35.9. The van der Waals surface area contributed by atoms with Gasteiger partial charge in [0.25, 0.3) is 0 Å². The van der Waals surface area contributed by atoms with E-state index < -0.39 is 8.80 Å². The first-order chi connectivity index (χ1) is 23.0. The van der Waals surface area contributed by atoms with Crippen molar-refractivity contribution in [3.63, 3.8) is 0 Å². The zero-order valence-corrected chi connectivity index (χ0v) is 34.6. The van der Waals surface area contributed by atoms with Crippen molar-refractivity contribution < 1.29 is 17.8 Å². The van der Waals surface area contributed by atoms with Crippen LogP contribution in [0.3, 0.4) is 0 Å². The van der Waals surface area contributed by atoms with E-state index in [1.165, 1.54) is 204 Å². The van der Waals surface area contributed by atoms with Crippen molar-refractivity contribution >= 4 is 8.80 Å². The summed E-state index contributed by atoms with van der Waals surface area (Å²) in [5.41, 5.74) is 0. The molecular formula is C42H90NO3Si+. The Morgan fingerprint density at radius 2 is 0.553 bits per heavy atom. The second kappa shape index (κ2) is 35.9. The van der Waals surface area contributed by atoms with Crippen LogP contribution in [0.4, 0.5) is 0 Å². The van der Waals surface area contributed by atoms with E-state index >= 15 is 0 Å². The van der Waals surface area contributed by atoms with Crippen molar-refractivity contribution in [3.8, 4) is 0 Å². The summed E-state index contributed by atoms with van der Waals surface area (Å²) in [7, 11) is -0.0148. The van der Waals surface area contributed by atoms with E-state index in [-0.39, 0.29) is 0 Å². The second-order valence-corrected chi connectivity index (χ2v) is 17.8. The Bertz CT molecular complexity index is 555. The Hall–Kier alpha value is 0.0569. The maximum absolute atomic E-state index is 6.19. The van der Waals surface area contributed by atoms with E-state index in [1.54, 1.807) is 0 Å². The van der Waals surface area contributed by atoms with Crippen LogP contribution in [0.25, 0.3) is 0 Å². The van der Waals surface area contributed by atoms with Crippen molar-refractivity contribution in [2.24, 2.45) is 0 Å². The molecule has 0 heterocycles. The molecule has 0 spiro atoms. The number of hydrogen-bond acceptors (Lipinski definition) is 3. The lowest BCUT2D eigenvalue weighted by Gasteiger charge is -2.36. The molecule has 0 saturated carbocycles. The average Bonchev–Trinajstić information content (AvgIpc) is 3.05. The SMILES string of the molecule is CCCCCCCCCCCCCCCC[N+](C)(CCCCCCCCCCCCCCCC)CCC[Si](OCC)(OCC)OCC. The van der Waals surface area contributed by atoms with E-state index in [2.05, 4.69) is 41.7 Å². The molecule has 0 fully saturated rings. The molecule has 5 heteroatoms. The monoisotopic (exact) mass is 685 g/mol. The van der Waals surface area contributed by atoms with Gasteiger partial charge in [-0.25, -0.2) is 0 Å². The lowest BCUT2D eigenvalue weighted by Crippen LogP contribution is -2.49. The zero-order chi connectivity index (χ0) is 34.6. The van der Waals surface area contributed by atoms with Crippen molar-refractivity contribution in [2.75, 3.05) is 46.5 Å². The highest BCUT2D eigenvalue weighted by Crippen LogP contribution is 2.22. The van der Waals surface area contributed by atoms with Gasteiger partial charge in [0, 0.05) is 32.3 Å². The summed E-state index contributed by atoms with van der Waals surface area (Å²) in [6.07, 6.45) is 41.2. The molecule has 0 aliphatic carbocycles. The fourth-order valence-electron chi connectivity index (χ4n) is 7.39. The molecule has 0 aromatic heterocycles. The molecule has 4 nitrogen and oxygen atoms in total. The summed E-state index contributed by atoms with van der Waals surface area (Å²) in [6.45, 7) is 16.7. The van der Waals surface area contributed by atoms with E-state index in [0.717, 1.165) is 12.5 Å². The van der Waals surface area contributed by atoms with Crippen LogP contribution in [0.5, 0.6) is 0 Å². The standard InChI is InChI=1S/C42H90NO3Si/c1-7-12-14-16-18-20-22-24-26-28-30-32-34-36-39-43(6,41-38-42-47(44-9-3,45-10-4)46-11-5)40-37-35-33-31-29-27-25-23-21-19-17-15-13-8-2/h7-42H2,1-6H3/q+1. The normalized spacial score (nSPS) is 12.4. The lowest BCUT2D eigenvalue weighted by atomic mass is 10.0. The van der Waals surface area contributed by atoms with Gasteiger partial charge in [-0.05, 0) is 46.5 Å². The van der Waals surface area contributed by atoms with Gasteiger partial charge >= 0.3 is 8.80 Å². The van der Waals surface area contributed by atoms with Crippen molar-refractivity contribution in [3.05, 3.63) is 0 Å².